The summed E-state index contributed by atoms with van der Waals surface area (Å²) >= 11 is 0. The molecule has 0 aliphatic carbocycles. The number of amides is 1. The first-order chi connectivity index (χ1) is 14.5. The number of likely N-dealkylation sites (N-methyl/N-ethyl adjacent to an activating group) is 1. The second-order valence-electron chi connectivity index (χ2n) is 9.60. The molecule has 31 heavy (non-hydrogen) atoms. The molecule has 1 aromatic rings. The summed E-state index contributed by atoms with van der Waals surface area (Å²) in [6.45, 7) is 14.6. The summed E-state index contributed by atoms with van der Waals surface area (Å²) in [5.41, 5.74) is 0.0993. The van der Waals surface area contributed by atoms with Crippen LogP contribution >= 0.6 is 0 Å². The fraction of sp³-hybridized carbons (Fsp3) is 0.682. The van der Waals surface area contributed by atoms with Crippen molar-refractivity contribution < 1.29 is 9.53 Å². The Morgan fingerprint density at radius 1 is 1.16 bits per heavy atom. The van der Waals surface area contributed by atoms with Gasteiger partial charge in [0.25, 0.3) is 0 Å². The Bertz CT molecular complexity index is 750. The lowest BCUT2D eigenvalue weighted by molar-refractivity contribution is 0.0474. The van der Waals surface area contributed by atoms with E-state index in [0.717, 1.165) is 37.6 Å². The molecule has 1 aromatic heterocycles. The van der Waals surface area contributed by atoms with Gasteiger partial charge in [-0.2, -0.15) is 0 Å². The first kappa shape index (κ1) is 24.7. The average Bonchev–Trinajstić information content (AvgIpc) is 2.67. The summed E-state index contributed by atoms with van der Waals surface area (Å²) < 4.78 is 5.34. The molecule has 0 bridgehead atoms. The van der Waals surface area contributed by atoms with Crippen molar-refractivity contribution in [1.82, 2.24) is 25.8 Å². The van der Waals surface area contributed by atoms with Crippen LogP contribution in [0.2, 0.25) is 0 Å². The van der Waals surface area contributed by atoms with Crippen LogP contribution in [0.5, 0.6) is 0 Å². The van der Waals surface area contributed by atoms with Gasteiger partial charge in [0.2, 0.25) is 0 Å². The van der Waals surface area contributed by atoms with Gasteiger partial charge in [0.15, 0.2) is 5.96 Å². The lowest BCUT2D eigenvalue weighted by Gasteiger charge is -2.33. The van der Waals surface area contributed by atoms with E-state index in [-0.39, 0.29) is 0 Å². The molecule has 2 rings (SSSR count). The molecule has 0 spiro atoms. The Kier molecular flexibility index (Phi) is 8.50. The van der Waals surface area contributed by atoms with Crippen molar-refractivity contribution >= 4 is 17.9 Å². The van der Waals surface area contributed by atoms with Gasteiger partial charge in [-0.05, 0) is 59.4 Å². The zero-order valence-corrected chi connectivity index (χ0v) is 20.1. The van der Waals surface area contributed by atoms with E-state index < -0.39 is 17.2 Å². The van der Waals surface area contributed by atoms with E-state index in [9.17, 15) is 4.79 Å². The minimum atomic E-state index is -0.529. The van der Waals surface area contributed by atoms with E-state index in [1.165, 1.54) is 0 Å². The number of nitrogens with zero attached hydrogens (tertiary/aromatic N) is 4. The van der Waals surface area contributed by atoms with Crippen molar-refractivity contribution in [3.8, 4) is 0 Å². The summed E-state index contributed by atoms with van der Waals surface area (Å²) in [6.07, 6.45) is 1.42. The fourth-order valence-electron chi connectivity index (χ4n) is 3.11. The van der Waals surface area contributed by atoms with Crippen LogP contribution < -0.4 is 20.9 Å². The van der Waals surface area contributed by atoms with Crippen molar-refractivity contribution in [2.45, 2.75) is 52.3 Å². The van der Waals surface area contributed by atoms with Crippen LogP contribution in [0.15, 0.2) is 23.3 Å². The molecule has 1 aliphatic heterocycles. The molecular weight excluding hydrogens is 394 g/mol. The van der Waals surface area contributed by atoms with E-state index in [1.807, 2.05) is 46.9 Å². The molecule has 0 saturated carbocycles. The van der Waals surface area contributed by atoms with Crippen molar-refractivity contribution in [2.75, 3.05) is 51.7 Å². The summed E-state index contributed by atoms with van der Waals surface area (Å²) in [4.78, 5) is 25.5. The number of aromatic nitrogens is 1. The summed E-state index contributed by atoms with van der Waals surface area (Å²) in [7, 11) is 3.87. The first-order valence-electron chi connectivity index (χ1n) is 10.8. The number of alkyl carbamates (subject to hydrolysis) is 1. The molecule has 3 N–H and O–H groups in total. The molecule has 1 fully saturated rings. The number of anilines is 1. The molecule has 1 aliphatic rings. The second kappa shape index (κ2) is 10.7. The van der Waals surface area contributed by atoms with Gasteiger partial charge in [0, 0.05) is 52.5 Å². The number of piperazine rings is 1. The Morgan fingerprint density at radius 3 is 2.45 bits per heavy atom. The predicted molar refractivity (Wildman–Crippen MR) is 126 cm³/mol. The number of aliphatic imine (C=N–C) groups is 1. The van der Waals surface area contributed by atoms with Gasteiger partial charge in [0.05, 0.1) is 5.54 Å². The summed E-state index contributed by atoms with van der Waals surface area (Å²) in [5.74, 6) is 1.68. The molecule has 0 unspecified atom stereocenters. The topological polar surface area (TPSA) is 94.1 Å². The Morgan fingerprint density at radius 2 is 1.84 bits per heavy atom. The van der Waals surface area contributed by atoms with Gasteiger partial charge >= 0.3 is 6.09 Å². The number of rotatable bonds is 6. The zero-order chi connectivity index (χ0) is 23.1. The van der Waals surface area contributed by atoms with E-state index >= 15 is 0 Å². The molecule has 9 nitrogen and oxygen atoms in total. The highest BCUT2D eigenvalue weighted by Crippen LogP contribution is 2.15. The van der Waals surface area contributed by atoms with E-state index in [2.05, 4.69) is 48.8 Å². The normalized spacial score (nSPS) is 16.1. The van der Waals surface area contributed by atoms with Crippen LogP contribution in [0.3, 0.4) is 0 Å². The lowest BCUT2D eigenvalue weighted by Crippen LogP contribution is -2.54. The highest BCUT2D eigenvalue weighted by atomic mass is 16.6. The number of carbonyl (C=O) groups is 1. The van der Waals surface area contributed by atoms with Crippen LogP contribution in [0.4, 0.5) is 10.6 Å². The third-order valence-electron chi connectivity index (χ3n) is 4.86. The Hall–Kier alpha value is -2.55. The monoisotopic (exact) mass is 433 g/mol. The summed E-state index contributed by atoms with van der Waals surface area (Å²) in [5, 5.41) is 9.48. The number of guanidine groups is 1. The van der Waals surface area contributed by atoms with Crippen molar-refractivity contribution in [1.29, 1.82) is 0 Å². The Labute approximate surface area is 186 Å². The van der Waals surface area contributed by atoms with Crippen LogP contribution in [-0.2, 0) is 11.3 Å². The van der Waals surface area contributed by atoms with E-state index in [0.29, 0.717) is 19.0 Å². The van der Waals surface area contributed by atoms with Crippen molar-refractivity contribution in [3.63, 3.8) is 0 Å². The van der Waals surface area contributed by atoms with Crippen LogP contribution in [0, 0.1) is 0 Å². The van der Waals surface area contributed by atoms with Gasteiger partial charge in [-0.3, -0.25) is 4.99 Å². The third kappa shape index (κ3) is 9.00. The van der Waals surface area contributed by atoms with Gasteiger partial charge in [-0.15, -0.1) is 0 Å². The number of pyridine rings is 1. The van der Waals surface area contributed by atoms with Gasteiger partial charge in [-0.1, -0.05) is 0 Å². The molecule has 0 atom stereocenters. The highest BCUT2D eigenvalue weighted by Gasteiger charge is 2.24. The minimum absolute atomic E-state index is 0.435. The van der Waals surface area contributed by atoms with Crippen LogP contribution in [0.25, 0.3) is 0 Å². The number of hydrogen-bond donors (Lipinski definition) is 3. The van der Waals surface area contributed by atoms with Gasteiger partial charge < -0.3 is 30.5 Å². The van der Waals surface area contributed by atoms with Gasteiger partial charge in [0.1, 0.15) is 11.4 Å². The standard InChI is InChI=1S/C22H39N7O2/c1-21(2,3)31-20(30)27-22(4,5)16-26-19(23-6)25-15-17-8-9-24-18(14-17)29-12-10-28(7)11-13-29/h8-9,14H,10-13,15-16H2,1-7H3,(H,27,30)(H2,23,25,26). The SMILES string of the molecule is CN=C(NCc1ccnc(N2CCN(C)CC2)c1)NCC(C)(C)NC(=O)OC(C)(C)C. The third-order valence-corrected chi connectivity index (χ3v) is 4.86. The van der Waals surface area contributed by atoms with E-state index in [4.69, 9.17) is 4.74 Å². The molecule has 0 radical (unpaired) electrons. The zero-order valence-electron chi connectivity index (χ0n) is 20.1. The molecule has 0 aromatic carbocycles. The smallest absolute Gasteiger partial charge is 0.408 e. The molecule has 1 saturated heterocycles. The maximum absolute atomic E-state index is 12.1. The van der Waals surface area contributed by atoms with Crippen LogP contribution in [-0.4, -0.2) is 79.9 Å². The highest BCUT2D eigenvalue weighted by molar-refractivity contribution is 5.79. The largest absolute Gasteiger partial charge is 0.444 e. The van der Waals surface area contributed by atoms with Crippen molar-refractivity contribution in [2.24, 2.45) is 4.99 Å². The lowest BCUT2D eigenvalue weighted by atomic mass is 10.1. The van der Waals surface area contributed by atoms with Crippen LogP contribution in [0.1, 0.15) is 40.2 Å². The number of hydrogen-bond acceptors (Lipinski definition) is 6. The quantitative estimate of drug-likeness (QED) is 0.465. The maximum Gasteiger partial charge on any atom is 0.408 e. The van der Waals surface area contributed by atoms with Crippen molar-refractivity contribution in [3.05, 3.63) is 23.9 Å². The molecular formula is C22H39N7O2. The van der Waals surface area contributed by atoms with E-state index in [1.54, 1.807) is 7.05 Å². The molecule has 174 valence electrons. The predicted octanol–water partition coefficient (Wildman–Crippen LogP) is 1.80. The number of carbonyl (C=O) groups excluding carboxylic acids is 1. The number of nitrogens with one attached hydrogen (secondary N) is 3. The fourth-order valence-corrected chi connectivity index (χ4v) is 3.11. The minimum Gasteiger partial charge on any atom is -0.444 e. The number of ether oxygens (including phenoxy) is 1. The second-order valence-corrected chi connectivity index (χ2v) is 9.60. The Balaban J connectivity index is 1.84. The first-order valence-corrected chi connectivity index (χ1v) is 10.8. The molecule has 1 amide bonds. The average molecular weight is 434 g/mol. The van der Waals surface area contributed by atoms with Gasteiger partial charge in [-0.25, -0.2) is 9.78 Å². The summed E-state index contributed by atoms with van der Waals surface area (Å²) in [6, 6.07) is 4.13. The molecule has 2 heterocycles. The molecule has 9 heteroatoms. The maximum atomic E-state index is 12.1.